The maximum absolute atomic E-state index is 12.4. The predicted molar refractivity (Wildman–Crippen MR) is 167 cm³/mol. The number of aromatic nitrogens is 1. The Balaban J connectivity index is 1.77. The van der Waals surface area contributed by atoms with E-state index in [2.05, 4.69) is 51.8 Å². The van der Waals surface area contributed by atoms with Crippen LogP contribution >= 0.6 is 11.9 Å². The van der Waals surface area contributed by atoms with Crippen LogP contribution in [0.4, 0.5) is 9.59 Å². The molecule has 12 nitrogen and oxygen atoms in total. The molecule has 0 bridgehead atoms. The van der Waals surface area contributed by atoms with Crippen molar-refractivity contribution in [2.75, 3.05) is 7.11 Å². The highest BCUT2D eigenvalue weighted by Gasteiger charge is 2.61. The van der Waals surface area contributed by atoms with Gasteiger partial charge in [0, 0.05) is 41.4 Å². The van der Waals surface area contributed by atoms with Gasteiger partial charge in [-0.05, 0) is 55.0 Å². The van der Waals surface area contributed by atoms with Gasteiger partial charge in [0.2, 0.25) is 0 Å². The van der Waals surface area contributed by atoms with Crippen LogP contribution in [0.25, 0.3) is 0 Å². The first-order chi connectivity index (χ1) is 20.0. The Morgan fingerprint density at radius 3 is 2.28 bits per heavy atom. The average molecular weight is 612 g/mol. The van der Waals surface area contributed by atoms with Crippen LogP contribution in [-0.4, -0.2) is 78.6 Å². The minimum atomic E-state index is -1.65. The van der Waals surface area contributed by atoms with Gasteiger partial charge >= 0.3 is 12.2 Å². The number of nitrogens with one attached hydrogen (secondary N) is 1. The molecule has 1 unspecified atom stereocenters. The molecule has 2 aliphatic carbocycles. The highest BCUT2D eigenvalue weighted by atomic mass is 32.2. The standard InChI is InChI=1S/C30H41N7O5S/c1-15-13-31-20(16(2)24(15)42-9)14-36-33-18-12-19(32-17-10-11-17)22-21(18)23(34-36)25(37(26(38)39)27(40)41)35-43-30(22,28(3,4)5)29(6,7)8/h13,17,19,32H,10-12,14H2,1-9H3,(H,38,39)(H,40,41). The van der Waals surface area contributed by atoms with E-state index in [4.69, 9.17) is 19.3 Å². The van der Waals surface area contributed by atoms with E-state index in [0.29, 0.717) is 23.7 Å². The monoisotopic (exact) mass is 611 g/mol. The number of amides is 2. The number of hydrogen-bond donors (Lipinski definition) is 3. The Morgan fingerprint density at radius 1 is 1.12 bits per heavy atom. The molecule has 2 aliphatic heterocycles. The molecule has 13 heteroatoms. The summed E-state index contributed by atoms with van der Waals surface area (Å²) in [6.45, 7) is 16.9. The summed E-state index contributed by atoms with van der Waals surface area (Å²) in [6.07, 6.45) is 1.14. The van der Waals surface area contributed by atoms with Gasteiger partial charge < -0.3 is 20.3 Å². The lowest BCUT2D eigenvalue weighted by molar-refractivity contribution is 0.145. The van der Waals surface area contributed by atoms with Crippen molar-refractivity contribution < 1.29 is 24.5 Å². The fourth-order valence-corrected chi connectivity index (χ4v) is 8.20. The Morgan fingerprint density at radius 2 is 1.74 bits per heavy atom. The van der Waals surface area contributed by atoms with Gasteiger partial charge in [-0.15, -0.1) is 0 Å². The van der Waals surface area contributed by atoms with E-state index >= 15 is 0 Å². The van der Waals surface area contributed by atoms with Gasteiger partial charge in [-0.25, -0.2) is 9.59 Å². The van der Waals surface area contributed by atoms with Gasteiger partial charge in [0.05, 0.1) is 23.3 Å². The van der Waals surface area contributed by atoms with Crippen molar-refractivity contribution in [1.82, 2.24) is 20.3 Å². The van der Waals surface area contributed by atoms with Crippen LogP contribution in [0.1, 0.15) is 77.6 Å². The lowest BCUT2D eigenvalue weighted by Gasteiger charge is -2.54. The molecule has 2 amide bonds. The van der Waals surface area contributed by atoms with Gasteiger partial charge in [0.1, 0.15) is 18.0 Å². The summed E-state index contributed by atoms with van der Waals surface area (Å²) in [5.74, 6) is 0.472. The molecule has 1 saturated carbocycles. The third kappa shape index (κ3) is 5.09. The highest BCUT2D eigenvalue weighted by Crippen LogP contribution is 2.62. The van der Waals surface area contributed by atoms with Crippen LogP contribution in [-0.2, 0) is 6.54 Å². The molecule has 5 rings (SSSR count). The van der Waals surface area contributed by atoms with E-state index in [1.165, 1.54) is 17.1 Å². The molecule has 0 spiro atoms. The minimum Gasteiger partial charge on any atom is -0.496 e. The zero-order valence-corrected chi connectivity index (χ0v) is 27.1. The van der Waals surface area contributed by atoms with E-state index in [1.54, 1.807) is 13.3 Å². The number of methoxy groups -OCH3 is 1. The molecule has 1 atom stereocenters. The third-order valence-electron chi connectivity index (χ3n) is 8.61. The number of pyridine rings is 1. The van der Waals surface area contributed by atoms with Crippen molar-refractivity contribution in [3.8, 4) is 5.75 Å². The second-order valence-electron chi connectivity index (χ2n) is 13.6. The molecule has 3 heterocycles. The molecule has 0 aromatic carbocycles. The lowest BCUT2D eigenvalue weighted by Crippen LogP contribution is -2.55. The molecular formula is C30H41N7O5S. The molecule has 0 saturated heterocycles. The number of ether oxygens (including phenoxy) is 1. The molecule has 1 aromatic rings. The zero-order valence-electron chi connectivity index (χ0n) is 26.3. The summed E-state index contributed by atoms with van der Waals surface area (Å²) >= 11 is 1.25. The predicted octanol–water partition coefficient (Wildman–Crippen LogP) is 5.60. The number of aryl methyl sites for hydroxylation is 1. The SMILES string of the molecule is COc1c(C)cnc(CN2N=C3CC(NC4CC4)C4=C3C(=N2)C(N(C(=O)O)C(=O)O)=NSC4(C(C)(C)C)C(C)(C)C)c1C. The number of nitrogens with zero attached hydrogens (tertiary/aromatic N) is 6. The van der Waals surface area contributed by atoms with Crippen molar-refractivity contribution in [2.45, 2.75) is 98.0 Å². The third-order valence-corrected chi connectivity index (χ3v) is 10.6. The Hall–Kier alpha value is -3.45. The van der Waals surface area contributed by atoms with Crippen molar-refractivity contribution in [1.29, 1.82) is 0 Å². The minimum absolute atomic E-state index is 0.102. The van der Waals surface area contributed by atoms with E-state index in [0.717, 1.165) is 41.0 Å². The number of hydrogen-bond acceptors (Lipinski definition) is 10. The zero-order chi connectivity index (χ0) is 31.6. The summed E-state index contributed by atoms with van der Waals surface area (Å²) in [7, 11) is 1.61. The fourth-order valence-electron chi connectivity index (χ4n) is 6.92. The van der Waals surface area contributed by atoms with Crippen molar-refractivity contribution in [3.05, 3.63) is 34.2 Å². The summed E-state index contributed by atoms with van der Waals surface area (Å²) in [5, 5.41) is 35.3. The highest BCUT2D eigenvalue weighted by molar-refractivity contribution is 8.00. The number of imide groups is 1. The van der Waals surface area contributed by atoms with Gasteiger partial charge in [0.15, 0.2) is 5.84 Å². The molecular weight excluding hydrogens is 570 g/mol. The van der Waals surface area contributed by atoms with Crippen molar-refractivity contribution >= 4 is 41.4 Å². The Bertz CT molecular complexity index is 1470. The largest absolute Gasteiger partial charge is 0.496 e. The van der Waals surface area contributed by atoms with Gasteiger partial charge in [-0.2, -0.15) is 24.6 Å². The van der Waals surface area contributed by atoms with Crippen LogP contribution < -0.4 is 10.1 Å². The van der Waals surface area contributed by atoms with Crippen LogP contribution in [0.15, 0.2) is 31.9 Å². The molecule has 232 valence electrons. The van der Waals surface area contributed by atoms with E-state index in [1.807, 2.05) is 13.8 Å². The number of amidine groups is 1. The van der Waals surface area contributed by atoms with Crippen LogP contribution in [0.2, 0.25) is 0 Å². The van der Waals surface area contributed by atoms with Gasteiger partial charge in [-0.1, -0.05) is 41.5 Å². The summed E-state index contributed by atoms with van der Waals surface area (Å²) in [6, 6.07) is 0.275. The van der Waals surface area contributed by atoms with Crippen molar-refractivity contribution in [2.24, 2.45) is 25.4 Å². The molecule has 4 aliphatic rings. The summed E-state index contributed by atoms with van der Waals surface area (Å²) < 4.78 is 9.69. The average Bonchev–Trinajstić information content (AvgIpc) is 3.64. The van der Waals surface area contributed by atoms with Crippen LogP contribution in [0, 0.1) is 24.7 Å². The smallest absolute Gasteiger partial charge is 0.422 e. The summed E-state index contributed by atoms with van der Waals surface area (Å²) in [5.41, 5.74) is 4.29. The van der Waals surface area contributed by atoms with Crippen LogP contribution in [0.3, 0.4) is 0 Å². The maximum atomic E-state index is 12.4. The van der Waals surface area contributed by atoms with Crippen LogP contribution in [0.5, 0.6) is 5.75 Å². The Labute approximate surface area is 256 Å². The molecule has 1 fully saturated rings. The molecule has 43 heavy (non-hydrogen) atoms. The normalized spacial score (nSPS) is 21.5. The summed E-state index contributed by atoms with van der Waals surface area (Å²) in [4.78, 5) is 29.7. The molecule has 3 N–H and O–H groups in total. The van der Waals surface area contributed by atoms with E-state index < -0.39 is 16.9 Å². The van der Waals surface area contributed by atoms with Crippen molar-refractivity contribution in [3.63, 3.8) is 0 Å². The molecule has 0 radical (unpaired) electrons. The second-order valence-corrected chi connectivity index (χ2v) is 14.6. The first-order valence-electron chi connectivity index (χ1n) is 14.5. The molecule has 1 aromatic heterocycles. The topological polar surface area (TPSA) is 152 Å². The quantitative estimate of drug-likeness (QED) is 0.361. The number of carboxylic acid groups (broad SMARTS) is 2. The lowest BCUT2D eigenvalue weighted by atomic mass is 9.60. The fraction of sp³-hybridized carbons (Fsp3) is 0.600. The van der Waals surface area contributed by atoms with Gasteiger partial charge in [-0.3, -0.25) is 4.98 Å². The van der Waals surface area contributed by atoms with E-state index in [-0.39, 0.29) is 39.9 Å². The second kappa shape index (κ2) is 10.6. The first kappa shape index (κ1) is 31.0. The van der Waals surface area contributed by atoms with Gasteiger partial charge in [0.25, 0.3) is 0 Å². The maximum Gasteiger partial charge on any atom is 0.422 e. The number of rotatable bonds is 5. The van der Waals surface area contributed by atoms with E-state index in [9.17, 15) is 19.8 Å². The first-order valence-corrected chi connectivity index (χ1v) is 15.3. The number of hydrazone groups is 2. The Kier molecular flexibility index (Phi) is 7.65. The number of carbonyl (C=O) groups is 2.